The Hall–Kier alpha value is -2.50. The topological polar surface area (TPSA) is 59.6 Å². The van der Waals surface area contributed by atoms with Crippen molar-refractivity contribution in [3.63, 3.8) is 0 Å². The normalized spacial score (nSPS) is 12.5. The highest BCUT2D eigenvalue weighted by molar-refractivity contribution is 7.99. The van der Waals surface area contributed by atoms with Gasteiger partial charge in [0.1, 0.15) is 0 Å². The van der Waals surface area contributed by atoms with Crippen LogP contribution in [-0.4, -0.2) is 26.3 Å². The van der Waals surface area contributed by atoms with Gasteiger partial charge in [0, 0.05) is 47.0 Å². The number of benzene rings is 2. The number of thioether (sulfide) groups is 1. The van der Waals surface area contributed by atoms with E-state index >= 15 is 0 Å². The fourth-order valence-electron chi connectivity index (χ4n) is 3.01. The Labute approximate surface area is 151 Å². The lowest BCUT2D eigenvalue weighted by Crippen LogP contribution is -2.25. The zero-order valence-electron chi connectivity index (χ0n) is 13.8. The van der Waals surface area contributed by atoms with Gasteiger partial charge in [-0.3, -0.25) is 4.57 Å². The second kappa shape index (κ2) is 7.17. The monoisotopic (exact) mass is 348 g/mol. The highest BCUT2D eigenvalue weighted by Crippen LogP contribution is 2.23. The summed E-state index contributed by atoms with van der Waals surface area (Å²) >= 11 is 1.70. The molecule has 2 heterocycles. The molecule has 0 aliphatic heterocycles. The summed E-state index contributed by atoms with van der Waals surface area (Å²) in [5.74, 6) is 0.823. The molecule has 2 aromatic heterocycles. The molecule has 3 N–H and O–H groups in total. The van der Waals surface area contributed by atoms with Crippen molar-refractivity contribution in [1.82, 2.24) is 14.5 Å². The molecule has 5 heteroatoms. The number of aromatic nitrogens is 3. The molecule has 0 aliphatic carbocycles. The Balaban J connectivity index is 1.43. The van der Waals surface area contributed by atoms with Crippen molar-refractivity contribution < 1.29 is 0 Å². The van der Waals surface area contributed by atoms with Crippen molar-refractivity contribution in [3.8, 4) is 5.69 Å². The van der Waals surface area contributed by atoms with E-state index < -0.39 is 0 Å². The average molecular weight is 348 g/mol. The molecule has 25 heavy (non-hydrogen) atoms. The van der Waals surface area contributed by atoms with Crippen LogP contribution >= 0.6 is 11.8 Å². The molecule has 0 saturated heterocycles. The Bertz CT molecular complexity index is 958. The van der Waals surface area contributed by atoms with Crippen LogP contribution in [0, 0.1) is 0 Å². The zero-order chi connectivity index (χ0) is 17.1. The van der Waals surface area contributed by atoms with Crippen molar-refractivity contribution in [3.05, 3.63) is 78.8 Å². The highest BCUT2D eigenvalue weighted by atomic mass is 32.2. The minimum absolute atomic E-state index is 0.0742. The lowest BCUT2D eigenvalue weighted by molar-refractivity contribution is 0.749. The Morgan fingerprint density at radius 1 is 1.08 bits per heavy atom. The third-order valence-electron chi connectivity index (χ3n) is 4.22. The summed E-state index contributed by atoms with van der Waals surface area (Å²) in [5, 5.41) is 2.23. The minimum atomic E-state index is 0.0742. The number of rotatable bonds is 6. The van der Waals surface area contributed by atoms with E-state index in [1.54, 1.807) is 11.8 Å². The molecule has 0 amide bonds. The SMILES string of the molecule is N[C@H](CSc1nccn1-c1ccccc1)Cc1c[nH]c2ccccc12. The second-order valence-electron chi connectivity index (χ2n) is 6.05. The number of hydrogen-bond acceptors (Lipinski definition) is 3. The van der Waals surface area contributed by atoms with E-state index in [1.807, 2.05) is 36.7 Å². The number of imidazole rings is 1. The van der Waals surface area contributed by atoms with E-state index in [9.17, 15) is 0 Å². The van der Waals surface area contributed by atoms with Crippen molar-refractivity contribution in [1.29, 1.82) is 0 Å². The molecule has 2 aromatic carbocycles. The molecule has 126 valence electrons. The van der Waals surface area contributed by atoms with Gasteiger partial charge in [-0.05, 0) is 30.2 Å². The third kappa shape index (κ3) is 3.48. The molecule has 0 fully saturated rings. The maximum atomic E-state index is 6.39. The van der Waals surface area contributed by atoms with Gasteiger partial charge < -0.3 is 10.7 Å². The van der Waals surface area contributed by atoms with Crippen LogP contribution in [0.1, 0.15) is 5.56 Å². The van der Waals surface area contributed by atoms with Crippen molar-refractivity contribution in [2.24, 2.45) is 5.73 Å². The number of para-hydroxylation sites is 2. The second-order valence-corrected chi connectivity index (χ2v) is 7.04. The summed E-state index contributed by atoms with van der Waals surface area (Å²) in [6.07, 6.45) is 6.74. The number of nitrogens with zero attached hydrogens (tertiary/aromatic N) is 2. The molecular formula is C20H20N4S. The van der Waals surface area contributed by atoms with Gasteiger partial charge in [0.05, 0.1) is 0 Å². The summed E-state index contributed by atoms with van der Waals surface area (Å²) in [6, 6.07) is 18.7. The number of aromatic amines is 1. The number of fused-ring (bicyclic) bond motifs is 1. The molecule has 0 spiro atoms. The summed E-state index contributed by atoms with van der Waals surface area (Å²) in [7, 11) is 0. The van der Waals surface area contributed by atoms with Gasteiger partial charge in [0.2, 0.25) is 0 Å². The van der Waals surface area contributed by atoms with E-state index in [0.29, 0.717) is 0 Å². The fraction of sp³-hybridized carbons (Fsp3) is 0.150. The summed E-state index contributed by atoms with van der Waals surface area (Å²) in [6.45, 7) is 0. The van der Waals surface area contributed by atoms with Crippen LogP contribution in [0.3, 0.4) is 0 Å². The van der Waals surface area contributed by atoms with Crippen LogP contribution in [0.4, 0.5) is 0 Å². The lowest BCUT2D eigenvalue weighted by atomic mass is 10.1. The molecule has 0 radical (unpaired) electrons. The van der Waals surface area contributed by atoms with Crippen LogP contribution in [0.2, 0.25) is 0 Å². The van der Waals surface area contributed by atoms with Crippen LogP contribution in [-0.2, 0) is 6.42 Å². The van der Waals surface area contributed by atoms with Gasteiger partial charge in [0.25, 0.3) is 0 Å². The molecule has 0 saturated carbocycles. The van der Waals surface area contributed by atoms with Crippen molar-refractivity contribution in [2.75, 3.05) is 5.75 Å². The Kier molecular flexibility index (Phi) is 4.59. The largest absolute Gasteiger partial charge is 0.361 e. The Morgan fingerprint density at radius 3 is 2.76 bits per heavy atom. The van der Waals surface area contributed by atoms with E-state index in [-0.39, 0.29) is 6.04 Å². The summed E-state index contributed by atoms with van der Waals surface area (Å²) in [4.78, 5) is 7.79. The molecule has 0 aliphatic rings. The van der Waals surface area contributed by atoms with Crippen LogP contribution in [0.15, 0.2) is 78.3 Å². The lowest BCUT2D eigenvalue weighted by Gasteiger charge is -2.12. The molecule has 0 unspecified atom stereocenters. The van der Waals surface area contributed by atoms with E-state index in [4.69, 9.17) is 5.73 Å². The number of nitrogens with one attached hydrogen (secondary N) is 1. The molecule has 4 aromatic rings. The van der Waals surface area contributed by atoms with Crippen LogP contribution in [0.5, 0.6) is 0 Å². The van der Waals surface area contributed by atoms with Gasteiger partial charge in [-0.15, -0.1) is 0 Å². The fourth-order valence-corrected chi connectivity index (χ4v) is 3.93. The number of H-pyrrole nitrogens is 1. The van der Waals surface area contributed by atoms with E-state index in [2.05, 4.69) is 51.1 Å². The predicted octanol–water partition coefficient (Wildman–Crippen LogP) is 4.02. The van der Waals surface area contributed by atoms with Gasteiger partial charge in [0.15, 0.2) is 5.16 Å². The highest BCUT2D eigenvalue weighted by Gasteiger charge is 2.12. The maximum absolute atomic E-state index is 6.39. The molecule has 4 rings (SSSR count). The Morgan fingerprint density at radius 2 is 1.88 bits per heavy atom. The zero-order valence-corrected chi connectivity index (χ0v) is 14.6. The summed E-state index contributed by atoms with van der Waals surface area (Å²) in [5.41, 5.74) is 9.94. The van der Waals surface area contributed by atoms with Gasteiger partial charge in [-0.25, -0.2) is 4.98 Å². The molecule has 1 atom stereocenters. The minimum Gasteiger partial charge on any atom is -0.361 e. The first kappa shape index (κ1) is 16.0. The molecule has 4 nitrogen and oxygen atoms in total. The maximum Gasteiger partial charge on any atom is 0.172 e. The standard InChI is InChI=1S/C20H20N4S/c21-16(12-15-13-23-19-9-5-4-8-18(15)19)14-25-20-22-10-11-24(20)17-6-2-1-3-7-17/h1-11,13,16,23H,12,14,21H2/t16-/m0/s1. The number of nitrogens with two attached hydrogens (primary N) is 1. The van der Waals surface area contributed by atoms with Crippen molar-refractivity contribution >= 4 is 22.7 Å². The molecular weight excluding hydrogens is 328 g/mol. The summed E-state index contributed by atoms with van der Waals surface area (Å²) < 4.78 is 2.10. The van der Waals surface area contributed by atoms with Crippen molar-refractivity contribution in [2.45, 2.75) is 17.6 Å². The number of hydrogen-bond donors (Lipinski definition) is 2. The molecule has 0 bridgehead atoms. The van der Waals surface area contributed by atoms with Gasteiger partial charge in [-0.2, -0.15) is 0 Å². The van der Waals surface area contributed by atoms with Crippen LogP contribution < -0.4 is 5.73 Å². The third-order valence-corrected chi connectivity index (χ3v) is 5.38. The smallest absolute Gasteiger partial charge is 0.172 e. The van der Waals surface area contributed by atoms with Gasteiger partial charge in [-0.1, -0.05) is 48.2 Å². The average Bonchev–Trinajstić information content (AvgIpc) is 3.28. The first-order valence-electron chi connectivity index (χ1n) is 8.33. The van der Waals surface area contributed by atoms with E-state index in [1.165, 1.54) is 10.9 Å². The van der Waals surface area contributed by atoms with E-state index in [0.717, 1.165) is 28.5 Å². The quantitative estimate of drug-likeness (QED) is 0.518. The first-order chi connectivity index (χ1) is 12.3. The first-order valence-corrected chi connectivity index (χ1v) is 9.32. The van der Waals surface area contributed by atoms with Crippen LogP contribution in [0.25, 0.3) is 16.6 Å². The predicted molar refractivity (Wildman–Crippen MR) is 104 cm³/mol. The van der Waals surface area contributed by atoms with Gasteiger partial charge >= 0.3 is 0 Å².